The Morgan fingerprint density at radius 1 is 0.933 bits per heavy atom. The standard InChI is InChI=1S/C21H16N4O5/c26-21(23-11-10-14-6-8-17(24(27)28)13-19(14)23)15-7-9-18(20(12-15)25(29)30)22-16-4-2-1-3-5-16/h1-9,12-13,22H,10-11H2. The van der Waals surface area contributed by atoms with Crippen molar-refractivity contribution in [2.45, 2.75) is 6.42 Å². The fourth-order valence-corrected chi connectivity index (χ4v) is 3.45. The van der Waals surface area contributed by atoms with E-state index in [9.17, 15) is 25.0 Å². The van der Waals surface area contributed by atoms with Crippen LogP contribution < -0.4 is 10.2 Å². The van der Waals surface area contributed by atoms with Gasteiger partial charge in [-0.1, -0.05) is 24.3 Å². The van der Waals surface area contributed by atoms with E-state index in [-0.39, 0.29) is 22.6 Å². The fourth-order valence-electron chi connectivity index (χ4n) is 3.45. The molecule has 1 aliphatic rings. The number of fused-ring (bicyclic) bond motifs is 1. The summed E-state index contributed by atoms with van der Waals surface area (Å²) in [5.41, 5.74) is 2.03. The van der Waals surface area contributed by atoms with Gasteiger partial charge >= 0.3 is 0 Å². The van der Waals surface area contributed by atoms with E-state index in [1.165, 1.54) is 35.2 Å². The minimum atomic E-state index is -0.551. The van der Waals surface area contributed by atoms with Crippen molar-refractivity contribution in [2.75, 3.05) is 16.8 Å². The van der Waals surface area contributed by atoms with Gasteiger partial charge in [-0.25, -0.2) is 0 Å². The Morgan fingerprint density at radius 3 is 2.40 bits per heavy atom. The van der Waals surface area contributed by atoms with Crippen LogP contribution in [0.2, 0.25) is 0 Å². The van der Waals surface area contributed by atoms with Gasteiger partial charge in [-0.05, 0) is 36.2 Å². The first-order chi connectivity index (χ1) is 14.4. The summed E-state index contributed by atoms with van der Waals surface area (Å²) in [4.78, 5) is 36.1. The molecule has 1 amide bonds. The van der Waals surface area contributed by atoms with Crippen LogP contribution in [0, 0.1) is 20.2 Å². The highest BCUT2D eigenvalue weighted by atomic mass is 16.6. The summed E-state index contributed by atoms with van der Waals surface area (Å²) >= 11 is 0. The molecule has 0 aliphatic carbocycles. The largest absolute Gasteiger partial charge is 0.350 e. The minimum Gasteiger partial charge on any atom is -0.350 e. The van der Waals surface area contributed by atoms with Gasteiger partial charge in [0.1, 0.15) is 5.69 Å². The van der Waals surface area contributed by atoms with Crippen LogP contribution in [0.15, 0.2) is 66.7 Å². The maximum atomic E-state index is 13.0. The van der Waals surface area contributed by atoms with Crippen LogP contribution in [-0.4, -0.2) is 22.3 Å². The molecule has 1 aliphatic heterocycles. The number of nitro benzene ring substituents is 2. The van der Waals surface area contributed by atoms with Crippen LogP contribution in [0.5, 0.6) is 0 Å². The van der Waals surface area contributed by atoms with Crippen LogP contribution in [0.4, 0.5) is 28.4 Å². The zero-order chi connectivity index (χ0) is 21.3. The smallest absolute Gasteiger partial charge is 0.293 e. The van der Waals surface area contributed by atoms with Crippen molar-refractivity contribution in [3.8, 4) is 0 Å². The predicted octanol–water partition coefficient (Wildman–Crippen LogP) is 4.45. The first-order valence-corrected chi connectivity index (χ1v) is 9.14. The number of hydrogen-bond donors (Lipinski definition) is 1. The summed E-state index contributed by atoms with van der Waals surface area (Å²) in [7, 11) is 0. The second-order valence-electron chi connectivity index (χ2n) is 6.76. The molecule has 9 heteroatoms. The van der Waals surface area contributed by atoms with Gasteiger partial charge in [-0.15, -0.1) is 0 Å². The highest BCUT2D eigenvalue weighted by Crippen LogP contribution is 2.34. The second kappa shape index (κ2) is 7.63. The number of carbonyl (C=O) groups is 1. The van der Waals surface area contributed by atoms with E-state index in [4.69, 9.17) is 0 Å². The number of anilines is 3. The number of nitro groups is 2. The number of amides is 1. The Hall–Kier alpha value is -4.27. The van der Waals surface area contributed by atoms with Gasteiger partial charge in [0, 0.05) is 36.0 Å². The summed E-state index contributed by atoms with van der Waals surface area (Å²) in [6, 6.07) is 17.6. The third-order valence-corrected chi connectivity index (χ3v) is 4.91. The number of carbonyl (C=O) groups excluding carboxylic acids is 1. The lowest BCUT2D eigenvalue weighted by Crippen LogP contribution is -2.29. The average Bonchev–Trinajstić information content (AvgIpc) is 3.17. The molecular formula is C21H16N4O5. The van der Waals surface area contributed by atoms with Crippen molar-refractivity contribution in [1.29, 1.82) is 0 Å². The third-order valence-electron chi connectivity index (χ3n) is 4.91. The molecule has 0 fully saturated rings. The lowest BCUT2D eigenvalue weighted by atomic mass is 10.1. The Balaban J connectivity index is 1.66. The average molecular weight is 404 g/mol. The van der Waals surface area contributed by atoms with Crippen molar-refractivity contribution >= 4 is 34.3 Å². The quantitative estimate of drug-likeness (QED) is 0.496. The molecule has 0 aromatic heterocycles. The van der Waals surface area contributed by atoms with Crippen LogP contribution in [0.25, 0.3) is 0 Å². The minimum absolute atomic E-state index is 0.109. The van der Waals surface area contributed by atoms with Gasteiger partial charge in [-0.2, -0.15) is 0 Å². The molecule has 1 N–H and O–H groups in total. The van der Waals surface area contributed by atoms with Gasteiger partial charge in [0.05, 0.1) is 15.5 Å². The molecule has 0 saturated carbocycles. The highest BCUT2D eigenvalue weighted by Gasteiger charge is 2.29. The van der Waals surface area contributed by atoms with Crippen molar-refractivity contribution < 1.29 is 14.6 Å². The monoisotopic (exact) mass is 404 g/mol. The molecule has 3 aromatic carbocycles. The van der Waals surface area contributed by atoms with Gasteiger partial charge in [0.25, 0.3) is 17.3 Å². The Morgan fingerprint density at radius 2 is 1.70 bits per heavy atom. The van der Waals surface area contributed by atoms with E-state index in [1.807, 2.05) is 6.07 Å². The number of benzene rings is 3. The van der Waals surface area contributed by atoms with Crippen LogP contribution in [0.1, 0.15) is 15.9 Å². The molecule has 3 aromatic rings. The predicted molar refractivity (Wildman–Crippen MR) is 111 cm³/mol. The second-order valence-corrected chi connectivity index (χ2v) is 6.76. The summed E-state index contributed by atoms with van der Waals surface area (Å²) in [6.07, 6.45) is 0.564. The molecule has 30 heavy (non-hydrogen) atoms. The zero-order valence-electron chi connectivity index (χ0n) is 15.6. The lowest BCUT2D eigenvalue weighted by molar-refractivity contribution is -0.384. The zero-order valence-corrected chi connectivity index (χ0v) is 15.6. The normalized spacial score (nSPS) is 12.3. The van der Waals surface area contributed by atoms with E-state index in [2.05, 4.69) is 5.32 Å². The number of non-ortho nitro benzene ring substituents is 1. The van der Waals surface area contributed by atoms with Gasteiger partial charge in [-0.3, -0.25) is 25.0 Å². The maximum Gasteiger partial charge on any atom is 0.293 e. The first-order valence-electron chi connectivity index (χ1n) is 9.14. The number of nitrogens with zero attached hydrogens (tertiary/aromatic N) is 3. The Labute approximate surface area is 170 Å². The summed E-state index contributed by atoms with van der Waals surface area (Å²) in [6.45, 7) is 0.354. The van der Waals surface area contributed by atoms with E-state index >= 15 is 0 Å². The van der Waals surface area contributed by atoms with E-state index < -0.39 is 15.8 Å². The molecule has 0 unspecified atom stereocenters. The molecule has 0 saturated heterocycles. The van der Waals surface area contributed by atoms with E-state index in [0.717, 1.165) is 5.56 Å². The van der Waals surface area contributed by atoms with Crippen LogP contribution >= 0.6 is 0 Å². The molecule has 0 bridgehead atoms. The van der Waals surface area contributed by atoms with Gasteiger partial charge in [0.2, 0.25) is 0 Å². The van der Waals surface area contributed by atoms with Crippen molar-refractivity contribution in [1.82, 2.24) is 0 Å². The number of nitrogens with one attached hydrogen (secondary N) is 1. The lowest BCUT2D eigenvalue weighted by Gasteiger charge is -2.17. The fraction of sp³-hybridized carbons (Fsp3) is 0.0952. The highest BCUT2D eigenvalue weighted by molar-refractivity contribution is 6.08. The van der Waals surface area contributed by atoms with Crippen molar-refractivity contribution in [2.24, 2.45) is 0 Å². The van der Waals surface area contributed by atoms with Gasteiger partial charge in [0.15, 0.2) is 0 Å². The molecule has 9 nitrogen and oxygen atoms in total. The molecular weight excluding hydrogens is 388 g/mol. The molecule has 0 atom stereocenters. The topological polar surface area (TPSA) is 119 Å². The molecule has 0 spiro atoms. The molecule has 4 rings (SSSR count). The van der Waals surface area contributed by atoms with E-state index in [0.29, 0.717) is 24.3 Å². The van der Waals surface area contributed by atoms with Crippen LogP contribution in [0.3, 0.4) is 0 Å². The number of rotatable bonds is 5. The van der Waals surface area contributed by atoms with E-state index in [1.54, 1.807) is 30.3 Å². The molecule has 1 heterocycles. The number of para-hydroxylation sites is 1. The first kappa shape index (κ1) is 19.1. The van der Waals surface area contributed by atoms with Crippen molar-refractivity contribution in [3.63, 3.8) is 0 Å². The SMILES string of the molecule is O=C(c1ccc(Nc2ccccc2)c([N+](=O)[O-])c1)N1CCc2ccc([N+](=O)[O-])cc21. The Kier molecular flexibility index (Phi) is 4.85. The van der Waals surface area contributed by atoms with Crippen molar-refractivity contribution in [3.05, 3.63) is 98.1 Å². The van der Waals surface area contributed by atoms with Gasteiger partial charge < -0.3 is 10.2 Å². The Bertz CT molecular complexity index is 1160. The molecule has 0 radical (unpaired) electrons. The number of hydrogen-bond acceptors (Lipinski definition) is 6. The summed E-state index contributed by atoms with van der Waals surface area (Å²) in [5, 5.41) is 25.6. The molecule has 150 valence electrons. The van der Waals surface area contributed by atoms with Crippen LogP contribution in [-0.2, 0) is 6.42 Å². The summed E-state index contributed by atoms with van der Waals surface area (Å²) in [5.74, 6) is -0.441. The maximum absolute atomic E-state index is 13.0. The summed E-state index contributed by atoms with van der Waals surface area (Å²) < 4.78 is 0. The third kappa shape index (κ3) is 3.55.